The van der Waals surface area contributed by atoms with Crippen LogP contribution in [-0.2, 0) is 0 Å². The van der Waals surface area contributed by atoms with Gasteiger partial charge in [-0.25, -0.2) is 4.98 Å². The summed E-state index contributed by atoms with van der Waals surface area (Å²) in [6, 6.07) is 8.13. The first-order valence-electron chi connectivity index (χ1n) is 6.42. The fraction of sp³-hybridized carbons (Fsp3) is 0.214. The van der Waals surface area contributed by atoms with Crippen molar-refractivity contribution in [3.8, 4) is 11.5 Å². The van der Waals surface area contributed by atoms with Gasteiger partial charge >= 0.3 is 6.29 Å². The number of nitrogens with one attached hydrogen (secondary N) is 2. The molecule has 2 heterocycles. The molecule has 0 bridgehead atoms. The Kier molecular flexibility index (Phi) is 3.25. The van der Waals surface area contributed by atoms with Crippen LogP contribution in [0.3, 0.4) is 0 Å². The van der Waals surface area contributed by atoms with Gasteiger partial charge in [-0.3, -0.25) is 0 Å². The summed E-state index contributed by atoms with van der Waals surface area (Å²) < 4.78 is 34.7. The molecule has 0 fully saturated rings. The summed E-state index contributed by atoms with van der Waals surface area (Å²) in [5.74, 6) is 0.759. The average molecular weight is 293 g/mol. The van der Waals surface area contributed by atoms with Crippen LogP contribution in [0, 0.1) is 0 Å². The molecule has 1 aliphatic heterocycles. The largest absolute Gasteiger partial charge is 0.586 e. The monoisotopic (exact) mass is 293 g/mol. The molecule has 0 saturated heterocycles. The van der Waals surface area contributed by atoms with Crippen LogP contribution in [0.5, 0.6) is 11.5 Å². The van der Waals surface area contributed by atoms with Crippen LogP contribution >= 0.6 is 0 Å². The van der Waals surface area contributed by atoms with Crippen molar-refractivity contribution in [3.05, 3.63) is 36.5 Å². The highest BCUT2D eigenvalue weighted by molar-refractivity contribution is 5.65. The topological polar surface area (TPSA) is 55.4 Å². The third-order valence-electron chi connectivity index (χ3n) is 2.81. The number of fused-ring (bicyclic) bond motifs is 1. The second-order valence-corrected chi connectivity index (χ2v) is 4.41. The Morgan fingerprint density at radius 3 is 2.67 bits per heavy atom. The van der Waals surface area contributed by atoms with Gasteiger partial charge in [0.15, 0.2) is 11.5 Å². The van der Waals surface area contributed by atoms with Crippen molar-refractivity contribution in [1.29, 1.82) is 0 Å². The van der Waals surface area contributed by atoms with Gasteiger partial charge < -0.3 is 20.1 Å². The molecule has 2 aromatic rings. The van der Waals surface area contributed by atoms with Crippen molar-refractivity contribution in [3.63, 3.8) is 0 Å². The molecule has 1 aromatic carbocycles. The van der Waals surface area contributed by atoms with E-state index in [4.69, 9.17) is 0 Å². The van der Waals surface area contributed by atoms with E-state index in [-0.39, 0.29) is 11.5 Å². The number of alkyl halides is 2. The minimum absolute atomic E-state index is 0.00552. The molecule has 1 aliphatic rings. The number of rotatable bonds is 4. The van der Waals surface area contributed by atoms with Crippen LogP contribution in [0.1, 0.15) is 6.92 Å². The predicted molar refractivity (Wildman–Crippen MR) is 74.3 cm³/mol. The molecule has 1 aromatic heterocycles. The minimum Gasteiger partial charge on any atom is -0.395 e. The first kappa shape index (κ1) is 13.4. The maximum Gasteiger partial charge on any atom is 0.586 e. The fourth-order valence-corrected chi connectivity index (χ4v) is 1.98. The van der Waals surface area contributed by atoms with Gasteiger partial charge in [-0.05, 0) is 25.1 Å². The molecule has 21 heavy (non-hydrogen) atoms. The molecule has 0 saturated carbocycles. The maximum atomic E-state index is 13.0. The molecular formula is C14H13F2N3O2. The van der Waals surface area contributed by atoms with Gasteiger partial charge in [0, 0.05) is 36.2 Å². The van der Waals surface area contributed by atoms with Gasteiger partial charge in [0.1, 0.15) is 5.82 Å². The number of anilines is 3. The van der Waals surface area contributed by atoms with Crippen molar-refractivity contribution >= 4 is 17.2 Å². The Balaban J connectivity index is 1.79. The van der Waals surface area contributed by atoms with E-state index >= 15 is 0 Å². The van der Waals surface area contributed by atoms with Gasteiger partial charge in [-0.15, -0.1) is 8.78 Å². The number of hydrogen-bond acceptors (Lipinski definition) is 5. The van der Waals surface area contributed by atoms with E-state index in [0.717, 1.165) is 18.1 Å². The van der Waals surface area contributed by atoms with Crippen LogP contribution in [0.4, 0.5) is 26.0 Å². The Morgan fingerprint density at radius 1 is 1.10 bits per heavy atom. The fourth-order valence-electron chi connectivity index (χ4n) is 1.98. The van der Waals surface area contributed by atoms with Gasteiger partial charge in [0.05, 0.1) is 0 Å². The summed E-state index contributed by atoms with van der Waals surface area (Å²) >= 11 is 0. The zero-order chi connectivity index (χ0) is 14.9. The van der Waals surface area contributed by atoms with Crippen LogP contribution < -0.4 is 20.1 Å². The minimum atomic E-state index is -3.60. The standard InChI is InChI=1S/C14H13F2N3O2/c1-2-17-13-8-10(5-6-18-13)19-9-3-4-11-12(7-9)21-14(15,16)20-11/h3-8H,2H2,1H3,(H2,17,18,19). The quantitative estimate of drug-likeness (QED) is 0.902. The summed E-state index contributed by atoms with van der Waals surface area (Å²) in [5.41, 5.74) is 1.40. The second kappa shape index (κ2) is 5.08. The summed E-state index contributed by atoms with van der Waals surface area (Å²) in [4.78, 5) is 4.15. The van der Waals surface area contributed by atoms with E-state index in [1.54, 1.807) is 18.3 Å². The molecule has 0 aliphatic carbocycles. The molecular weight excluding hydrogens is 280 g/mol. The first-order valence-corrected chi connectivity index (χ1v) is 6.42. The zero-order valence-electron chi connectivity index (χ0n) is 11.2. The van der Waals surface area contributed by atoms with E-state index in [0.29, 0.717) is 5.69 Å². The Labute approximate surface area is 119 Å². The normalized spacial score (nSPS) is 14.8. The van der Waals surface area contributed by atoms with Crippen molar-refractivity contribution in [2.45, 2.75) is 13.2 Å². The molecule has 110 valence electrons. The highest BCUT2D eigenvalue weighted by Gasteiger charge is 2.43. The molecule has 7 heteroatoms. The number of benzene rings is 1. The second-order valence-electron chi connectivity index (χ2n) is 4.41. The van der Waals surface area contributed by atoms with Crippen LogP contribution in [0.15, 0.2) is 36.5 Å². The van der Waals surface area contributed by atoms with E-state index in [2.05, 4.69) is 25.1 Å². The van der Waals surface area contributed by atoms with Crippen LogP contribution in [0.25, 0.3) is 0 Å². The van der Waals surface area contributed by atoms with E-state index in [9.17, 15) is 8.78 Å². The number of hydrogen-bond donors (Lipinski definition) is 2. The van der Waals surface area contributed by atoms with Crippen molar-refractivity contribution in [1.82, 2.24) is 4.98 Å². The highest BCUT2D eigenvalue weighted by Crippen LogP contribution is 2.42. The summed E-state index contributed by atoms with van der Waals surface area (Å²) in [5, 5.41) is 6.19. The van der Waals surface area contributed by atoms with Crippen LogP contribution in [0.2, 0.25) is 0 Å². The van der Waals surface area contributed by atoms with Gasteiger partial charge in [-0.2, -0.15) is 0 Å². The zero-order valence-corrected chi connectivity index (χ0v) is 11.2. The molecule has 0 unspecified atom stereocenters. The molecule has 0 spiro atoms. The number of aromatic nitrogens is 1. The third-order valence-corrected chi connectivity index (χ3v) is 2.81. The summed E-state index contributed by atoms with van der Waals surface area (Å²) in [7, 11) is 0. The molecule has 0 radical (unpaired) electrons. The number of ether oxygens (including phenoxy) is 2. The average Bonchev–Trinajstić information content (AvgIpc) is 2.73. The lowest BCUT2D eigenvalue weighted by atomic mass is 10.2. The first-order chi connectivity index (χ1) is 10.1. The van der Waals surface area contributed by atoms with E-state index < -0.39 is 6.29 Å². The Morgan fingerprint density at radius 2 is 1.86 bits per heavy atom. The highest BCUT2D eigenvalue weighted by atomic mass is 19.3. The number of nitrogens with zero attached hydrogens (tertiary/aromatic N) is 1. The number of halogens is 2. The van der Waals surface area contributed by atoms with Gasteiger partial charge in [0.25, 0.3) is 0 Å². The third kappa shape index (κ3) is 2.96. The van der Waals surface area contributed by atoms with Crippen molar-refractivity contribution < 1.29 is 18.3 Å². The van der Waals surface area contributed by atoms with E-state index in [1.807, 2.05) is 13.0 Å². The SMILES string of the molecule is CCNc1cc(Nc2ccc3c(c2)OC(F)(F)O3)ccn1. The molecule has 0 amide bonds. The smallest absolute Gasteiger partial charge is 0.395 e. The van der Waals surface area contributed by atoms with Gasteiger partial charge in [0.2, 0.25) is 0 Å². The van der Waals surface area contributed by atoms with Gasteiger partial charge in [-0.1, -0.05) is 0 Å². The number of pyridine rings is 1. The molecule has 2 N–H and O–H groups in total. The lowest BCUT2D eigenvalue weighted by molar-refractivity contribution is -0.286. The summed E-state index contributed by atoms with van der Waals surface area (Å²) in [6.07, 6.45) is -1.95. The van der Waals surface area contributed by atoms with Crippen LogP contribution in [-0.4, -0.2) is 17.8 Å². The lowest BCUT2D eigenvalue weighted by Gasteiger charge is -2.09. The lowest BCUT2D eigenvalue weighted by Crippen LogP contribution is -2.25. The summed E-state index contributed by atoms with van der Waals surface area (Å²) in [6.45, 7) is 2.73. The molecule has 3 rings (SSSR count). The maximum absolute atomic E-state index is 13.0. The Bertz CT molecular complexity index is 664. The van der Waals surface area contributed by atoms with E-state index in [1.165, 1.54) is 12.1 Å². The Hall–Kier alpha value is -2.57. The van der Waals surface area contributed by atoms with Crippen molar-refractivity contribution in [2.75, 3.05) is 17.2 Å². The predicted octanol–water partition coefficient (Wildman–Crippen LogP) is 3.58. The molecule has 0 atom stereocenters. The van der Waals surface area contributed by atoms with Crippen molar-refractivity contribution in [2.24, 2.45) is 0 Å². The molecule has 5 nitrogen and oxygen atoms in total.